The second kappa shape index (κ2) is 15.1. The first-order chi connectivity index (χ1) is 16.9. The van der Waals surface area contributed by atoms with Gasteiger partial charge in [0.1, 0.15) is 5.75 Å². The van der Waals surface area contributed by atoms with E-state index in [1.807, 2.05) is 6.92 Å². The van der Waals surface area contributed by atoms with E-state index in [1.165, 1.54) is 0 Å². The first kappa shape index (κ1) is 27.4. The van der Waals surface area contributed by atoms with E-state index in [-0.39, 0.29) is 12.8 Å². The zero-order chi connectivity index (χ0) is 25.5. The predicted octanol–water partition coefficient (Wildman–Crippen LogP) is 4.33. The number of unbranched alkanes of at least 4 members (excludes halogenated alkanes) is 2. The van der Waals surface area contributed by atoms with Gasteiger partial charge in [-0.15, -0.1) is 0 Å². The van der Waals surface area contributed by atoms with Crippen molar-refractivity contribution in [2.75, 3.05) is 30.5 Å². The van der Waals surface area contributed by atoms with Crippen molar-refractivity contribution in [3.8, 4) is 5.75 Å². The Morgan fingerprint density at radius 2 is 1.54 bits per heavy atom. The van der Waals surface area contributed by atoms with E-state index in [0.29, 0.717) is 35.9 Å². The quantitative estimate of drug-likeness (QED) is 0.302. The summed E-state index contributed by atoms with van der Waals surface area (Å²) in [6.07, 6.45) is 2.57. The molecule has 35 heavy (non-hydrogen) atoms. The van der Waals surface area contributed by atoms with Crippen LogP contribution in [0.4, 0.5) is 11.4 Å². The number of amides is 2. The molecule has 188 valence electrons. The summed E-state index contributed by atoms with van der Waals surface area (Å²) in [7, 11) is 0. The predicted molar refractivity (Wildman–Crippen MR) is 131 cm³/mol. The monoisotopic (exact) mass is 484 g/mol. The van der Waals surface area contributed by atoms with Crippen LogP contribution < -0.4 is 15.4 Å². The summed E-state index contributed by atoms with van der Waals surface area (Å²) in [6.45, 7) is 4.25. The van der Waals surface area contributed by atoms with Gasteiger partial charge in [0.2, 0.25) is 5.91 Å². The van der Waals surface area contributed by atoms with E-state index in [4.69, 9.17) is 14.2 Å². The van der Waals surface area contributed by atoms with Gasteiger partial charge in [0, 0.05) is 12.1 Å². The molecule has 0 radical (unpaired) electrons. The minimum absolute atomic E-state index is 0.116. The summed E-state index contributed by atoms with van der Waals surface area (Å²) in [5, 5.41) is 5.27. The lowest BCUT2D eigenvalue weighted by Gasteiger charge is -2.11. The van der Waals surface area contributed by atoms with Crippen molar-refractivity contribution < 1.29 is 33.4 Å². The Hall–Kier alpha value is -3.88. The van der Waals surface area contributed by atoms with Crippen LogP contribution in [-0.4, -0.2) is 43.6 Å². The molecule has 2 aromatic rings. The van der Waals surface area contributed by atoms with Crippen molar-refractivity contribution in [1.29, 1.82) is 0 Å². The van der Waals surface area contributed by atoms with E-state index in [9.17, 15) is 19.2 Å². The number of carbonyl (C=O) groups is 4. The van der Waals surface area contributed by atoms with Crippen molar-refractivity contribution in [1.82, 2.24) is 0 Å². The van der Waals surface area contributed by atoms with E-state index < -0.39 is 30.4 Å². The lowest BCUT2D eigenvalue weighted by molar-refractivity contribution is -0.147. The number of para-hydroxylation sites is 2. The molecule has 0 heterocycles. The highest BCUT2D eigenvalue weighted by atomic mass is 16.5. The van der Waals surface area contributed by atoms with Crippen LogP contribution in [-0.2, 0) is 23.9 Å². The smallest absolute Gasteiger partial charge is 0.338 e. The van der Waals surface area contributed by atoms with Crippen LogP contribution in [0.1, 0.15) is 56.3 Å². The molecular formula is C26H32N2O7. The summed E-state index contributed by atoms with van der Waals surface area (Å²) in [6, 6.07) is 13.2. The second-order valence-electron chi connectivity index (χ2n) is 7.61. The molecule has 0 spiro atoms. The van der Waals surface area contributed by atoms with Crippen molar-refractivity contribution in [3.05, 3.63) is 54.1 Å². The minimum atomic E-state index is -0.672. The zero-order valence-corrected chi connectivity index (χ0v) is 20.1. The van der Waals surface area contributed by atoms with Gasteiger partial charge in [0.05, 0.1) is 30.9 Å². The third-order valence-corrected chi connectivity index (χ3v) is 4.77. The maximum atomic E-state index is 12.1. The number of esters is 2. The average Bonchev–Trinajstić information content (AvgIpc) is 2.86. The Morgan fingerprint density at radius 1 is 0.800 bits per heavy atom. The normalized spacial score (nSPS) is 10.2. The number of rotatable bonds is 14. The molecule has 2 N–H and O–H groups in total. The van der Waals surface area contributed by atoms with E-state index in [0.717, 1.165) is 19.3 Å². The van der Waals surface area contributed by atoms with Crippen molar-refractivity contribution in [3.63, 3.8) is 0 Å². The van der Waals surface area contributed by atoms with Crippen LogP contribution in [0, 0.1) is 0 Å². The minimum Gasteiger partial charge on any atom is -0.492 e. The van der Waals surface area contributed by atoms with E-state index >= 15 is 0 Å². The van der Waals surface area contributed by atoms with Crippen molar-refractivity contribution >= 4 is 35.1 Å². The molecule has 2 rings (SSSR count). The second-order valence-corrected chi connectivity index (χ2v) is 7.61. The molecular weight excluding hydrogens is 452 g/mol. The number of ether oxygens (including phenoxy) is 3. The Morgan fingerprint density at radius 3 is 2.26 bits per heavy atom. The number of benzene rings is 2. The SMILES string of the molecule is CCCCCOC(=O)c1ccc(NC(=O)CCC(=O)OCC(=O)Nc2ccccc2OCC)cc1. The molecule has 9 nitrogen and oxygen atoms in total. The highest BCUT2D eigenvalue weighted by Gasteiger charge is 2.13. The molecule has 0 bridgehead atoms. The summed E-state index contributed by atoms with van der Waals surface area (Å²) in [4.78, 5) is 48.1. The van der Waals surface area contributed by atoms with Crippen LogP contribution in [0.15, 0.2) is 48.5 Å². The highest BCUT2D eigenvalue weighted by Crippen LogP contribution is 2.23. The fourth-order valence-corrected chi connectivity index (χ4v) is 2.98. The van der Waals surface area contributed by atoms with Crippen LogP contribution >= 0.6 is 0 Å². The standard InChI is InChI=1S/C26H32N2O7/c1-3-5-8-17-34-26(32)19-11-13-20(14-12-19)27-23(29)15-16-25(31)35-18-24(30)28-21-9-6-7-10-22(21)33-4-2/h6-7,9-14H,3-5,8,15-18H2,1-2H3,(H,27,29)(H,28,30). The molecule has 2 amide bonds. The number of carbonyl (C=O) groups excluding carboxylic acids is 4. The van der Waals surface area contributed by atoms with E-state index in [1.54, 1.807) is 48.5 Å². The van der Waals surface area contributed by atoms with Gasteiger partial charge in [-0.05, 0) is 49.7 Å². The van der Waals surface area contributed by atoms with Gasteiger partial charge in [-0.2, -0.15) is 0 Å². The van der Waals surface area contributed by atoms with Gasteiger partial charge in [0.25, 0.3) is 5.91 Å². The van der Waals surface area contributed by atoms with Gasteiger partial charge in [0.15, 0.2) is 6.61 Å². The fraction of sp³-hybridized carbons (Fsp3) is 0.385. The molecule has 0 atom stereocenters. The summed E-state index contributed by atoms with van der Waals surface area (Å²) < 4.78 is 15.6. The molecule has 0 aliphatic rings. The molecule has 0 saturated carbocycles. The molecule has 0 aromatic heterocycles. The van der Waals surface area contributed by atoms with Gasteiger partial charge < -0.3 is 24.8 Å². The lowest BCUT2D eigenvalue weighted by atomic mass is 10.2. The van der Waals surface area contributed by atoms with Crippen LogP contribution in [0.25, 0.3) is 0 Å². The molecule has 2 aromatic carbocycles. The number of nitrogens with one attached hydrogen (secondary N) is 2. The maximum Gasteiger partial charge on any atom is 0.338 e. The van der Waals surface area contributed by atoms with Crippen LogP contribution in [0.5, 0.6) is 5.75 Å². The Kier molecular flexibility index (Phi) is 11.8. The van der Waals surface area contributed by atoms with Gasteiger partial charge in [-0.25, -0.2) is 4.79 Å². The Balaban J connectivity index is 1.69. The molecule has 0 aliphatic carbocycles. The summed E-state index contributed by atoms with van der Waals surface area (Å²) >= 11 is 0. The number of hydrogen-bond acceptors (Lipinski definition) is 7. The third-order valence-electron chi connectivity index (χ3n) is 4.77. The first-order valence-electron chi connectivity index (χ1n) is 11.7. The number of anilines is 2. The van der Waals surface area contributed by atoms with Gasteiger partial charge in [-0.1, -0.05) is 31.9 Å². The van der Waals surface area contributed by atoms with Crippen LogP contribution in [0.3, 0.4) is 0 Å². The van der Waals surface area contributed by atoms with Gasteiger partial charge >= 0.3 is 11.9 Å². The Bertz CT molecular complexity index is 989. The largest absolute Gasteiger partial charge is 0.492 e. The van der Waals surface area contributed by atoms with Gasteiger partial charge in [-0.3, -0.25) is 14.4 Å². The van der Waals surface area contributed by atoms with Crippen molar-refractivity contribution in [2.45, 2.75) is 46.0 Å². The average molecular weight is 485 g/mol. The zero-order valence-electron chi connectivity index (χ0n) is 20.1. The Labute approximate surface area is 205 Å². The summed E-state index contributed by atoms with van der Waals surface area (Å²) in [5.74, 6) is -1.48. The van der Waals surface area contributed by atoms with Crippen LogP contribution in [0.2, 0.25) is 0 Å². The highest BCUT2D eigenvalue weighted by molar-refractivity contribution is 5.95. The lowest BCUT2D eigenvalue weighted by Crippen LogP contribution is -2.22. The topological polar surface area (TPSA) is 120 Å². The molecule has 0 unspecified atom stereocenters. The molecule has 0 saturated heterocycles. The number of hydrogen-bond donors (Lipinski definition) is 2. The van der Waals surface area contributed by atoms with Crippen molar-refractivity contribution in [2.24, 2.45) is 0 Å². The molecule has 0 aliphatic heterocycles. The fourth-order valence-electron chi connectivity index (χ4n) is 2.98. The summed E-state index contributed by atoms with van der Waals surface area (Å²) in [5.41, 5.74) is 1.36. The van der Waals surface area contributed by atoms with E-state index in [2.05, 4.69) is 17.6 Å². The third kappa shape index (κ3) is 10.3. The molecule has 0 fully saturated rings. The maximum absolute atomic E-state index is 12.1. The first-order valence-corrected chi connectivity index (χ1v) is 11.7. The molecule has 9 heteroatoms.